The van der Waals surface area contributed by atoms with Crippen LogP contribution in [-0.2, 0) is 0 Å². The van der Waals surface area contributed by atoms with Crippen molar-refractivity contribution in [1.82, 2.24) is 0 Å². The molecule has 1 rings (SSSR count). The highest BCUT2D eigenvalue weighted by Crippen LogP contribution is 2.38. The van der Waals surface area contributed by atoms with E-state index >= 15 is 0 Å². The lowest BCUT2D eigenvalue weighted by atomic mass is 9.99. The number of hydrogen-bond donors (Lipinski definition) is 0. The van der Waals surface area contributed by atoms with Crippen LogP contribution in [0.1, 0.15) is 59.8 Å². The average molecular weight is 234 g/mol. The summed E-state index contributed by atoms with van der Waals surface area (Å²) in [5.41, 5.74) is 0. The molecule has 1 saturated carbocycles. The number of rotatable bonds is 6. The maximum atomic E-state index is 2.42. The second-order valence-corrected chi connectivity index (χ2v) is 6.08. The summed E-state index contributed by atoms with van der Waals surface area (Å²) in [6.45, 7) is 9.23. The highest BCUT2D eigenvalue weighted by molar-refractivity contribution is 4.92. The van der Waals surface area contributed by atoms with E-state index in [1.54, 1.807) is 0 Å². The summed E-state index contributed by atoms with van der Waals surface area (Å²) < 4.78 is 0. The summed E-state index contributed by atoms with van der Waals surface area (Å²) in [4.78, 5) is 0. The fraction of sp³-hybridized carbons (Fsp3) is 0.765. The molecule has 0 aromatic rings. The van der Waals surface area contributed by atoms with Gasteiger partial charge in [-0.15, -0.1) is 0 Å². The van der Waals surface area contributed by atoms with Gasteiger partial charge in [-0.2, -0.15) is 0 Å². The molecule has 0 heterocycles. The third-order valence-electron chi connectivity index (χ3n) is 4.33. The van der Waals surface area contributed by atoms with Gasteiger partial charge in [0, 0.05) is 0 Å². The summed E-state index contributed by atoms with van der Waals surface area (Å²) in [7, 11) is 0. The van der Waals surface area contributed by atoms with Crippen molar-refractivity contribution in [3.63, 3.8) is 0 Å². The second kappa shape index (κ2) is 7.74. The van der Waals surface area contributed by atoms with Gasteiger partial charge >= 0.3 is 0 Å². The first-order valence-corrected chi connectivity index (χ1v) is 7.41. The van der Waals surface area contributed by atoms with Crippen LogP contribution in [0, 0.1) is 23.7 Å². The van der Waals surface area contributed by atoms with Gasteiger partial charge < -0.3 is 0 Å². The maximum absolute atomic E-state index is 2.42. The molecule has 3 unspecified atom stereocenters. The predicted octanol–water partition coefficient (Wildman–Crippen LogP) is 5.61. The van der Waals surface area contributed by atoms with Gasteiger partial charge in [0.2, 0.25) is 0 Å². The first-order chi connectivity index (χ1) is 8.13. The zero-order chi connectivity index (χ0) is 12.7. The smallest absolute Gasteiger partial charge is 0.0227 e. The molecule has 0 spiro atoms. The van der Waals surface area contributed by atoms with E-state index in [-0.39, 0.29) is 0 Å². The molecule has 0 saturated heterocycles. The molecule has 0 heteroatoms. The summed E-state index contributed by atoms with van der Waals surface area (Å²) in [5, 5.41) is 0. The van der Waals surface area contributed by atoms with E-state index in [1.807, 2.05) is 0 Å². The predicted molar refractivity (Wildman–Crippen MR) is 78.0 cm³/mol. The molecule has 0 aromatic carbocycles. The largest absolute Gasteiger partial charge is 0.0916 e. The van der Waals surface area contributed by atoms with Crippen molar-refractivity contribution in [2.24, 2.45) is 23.7 Å². The van der Waals surface area contributed by atoms with Crippen LogP contribution in [0.2, 0.25) is 0 Å². The van der Waals surface area contributed by atoms with Gasteiger partial charge in [0.25, 0.3) is 0 Å². The summed E-state index contributed by atoms with van der Waals surface area (Å²) >= 11 is 0. The third-order valence-corrected chi connectivity index (χ3v) is 4.33. The lowest BCUT2D eigenvalue weighted by molar-refractivity contribution is 0.457. The van der Waals surface area contributed by atoms with Crippen LogP contribution < -0.4 is 0 Å². The highest BCUT2D eigenvalue weighted by atomic mass is 14.3. The Morgan fingerprint density at radius 2 is 1.76 bits per heavy atom. The zero-order valence-electron chi connectivity index (χ0n) is 12.2. The van der Waals surface area contributed by atoms with Crippen molar-refractivity contribution in [3.05, 3.63) is 24.3 Å². The van der Waals surface area contributed by atoms with E-state index in [0.29, 0.717) is 5.92 Å². The lowest BCUT2D eigenvalue weighted by Crippen LogP contribution is -1.95. The standard InChI is InChI=1S/C17H30/c1-5-6-9-14(2)10-7-8-11-17-12-15(3)16(4)13-17/h5-7,10,14-17H,8-9,11-13H2,1-4H3. The molecule has 1 fully saturated rings. The number of hydrogen-bond acceptors (Lipinski definition) is 0. The fourth-order valence-electron chi connectivity index (χ4n) is 2.94. The van der Waals surface area contributed by atoms with Crippen molar-refractivity contribution in [1.29, 1.82) is 0 Å². The molecule has 0 aliphatic heterocycles. The van der Waals surface area contributed by atoms with Crippen molar-refractivity contribution in [2.45, 2.75) is 59.8 Å². The first kappa shape index (κ1) is 14.5. The van der Waals surface area contributed by atoms with Crippen molar-refractivity contribution < 1.29 is 0 Å². The van der Waals surface area contributed by atoms with Crippen LogP contribution in [-0.4, -0.2) is 0 Å². The summed E-state index contributed by atoms with van der Waals surface area (Å²) in [6.07, 6.45) is 16.0. The van der Waals surface area contributed by atoms with Crippen LogP contribution >= 0.6 is 0 Å². The topological polar surface area (TPSA) is 0 Å². The Balaban J connectivity index is 2.13. The average Bonchev–Trinajstić information content (AvgIpc) is 2.61. The minimum absolute atomic E-state index is 0.702. The SMILES string of the molecule is CC=CCC(C)C=CCCC1CC(C)C(C)C1. The third kappa shape index (κ3) is 5.57. The number of allylic oxidation sites excluding steroid dienone is 4. The molecule has 3 atom stereocenters. The Bertz CT molecular complexity index is 239. The van der Waals surface area contributed by atoms with E-state index in [0.717, 1.165) is 17.8 Å². The maximum Gasteiger partial charge on any atom is -0.0227 e. The van der Waals surface area contributed by atoms with Crippen LogP contribution in [0.4, 0.5) is 0 Å². The van der Waals surface area contributed by atoms with Crippen molar-refractivity contribution >= 4 is 0 Å². The molecule has 1 aliphatic carbocycles. The Labute approximate surface area is 108 Å². The zero-order valence-corrected chi connectivity index (χ0v) is 12.2. The van der Waals surface area contributed by atoms with Crippen LogP contribution in [0.15, 0.2) is 24.3 Å². The van der Waals surface area contributed by atoms with E-state index in [2.05, 4.69) is 52.0 Å². The van der Waals surface area contributed by atoms with Gasteiger partial charge in [-0.1, -0.05) is 45.1 Å². The van der Waals surface area contributed by atoms with Crippen LogP contribution in [0.3, 0.4) is 0 Å². The monoisotopic (exact) mass is 234 g/mol. The Morgan fingerprint density at radius 3 is 2.35 bits per heavy atom. The van der Waals surface area contributed by atoms with E-state index in [9.17, 15) is 0 Å². The van der Waals surface area contributed by atoms with Crippen molar-refractivity contribution in [3.8, 4) is 0 Å². The summed E-state index contributed by atoms with van der Waals surface area (Å²) in [5.74, 6) is 3.61. The lowest BCUT2D eigenvalue weighted by Gasteiger charge is -2.07. The molecule has 0 nitrogen and oxygen atoms in total. The summed E-state index contributed by atoms with van der Waals surface area (Å²) in [6, 6.07) is 0. The molecule has 0 N–H and O–H groups in total. The highest BCUT2D eigenvalue weighted by Gasteiger charge is 2.26. The molecule has 98 valence electrons. The van der Waals surface area contributed by atoms with Gasteiger partial charge in [-0.3, -0.25) is 0 Å². The van der Waals surface area contributed by atoms with Crippen molar-refractivity contribution in [2.75, 3.05) is 0 Å². The Kier molecular flexibility index (Phi) is 6.62. The molecule has 0 amide bonds. The van der Waals surface area contributed by atoms with E-state index in [4.69, 9.17) is 0 Å². The first-order valence-electron chi connectivity index (χ1n) is 7.41. The van der Waals surface area contributed by atoms with Gasteiger partial charge in [-0.25, -0.2) is 0 Å². The molecule has 1 aliphatic rings. The van der Waals surface area contributed by atoms with Crippen LogP contribution in [0.5, 0.6) is 0 Å². The molecular weight excluding hydrogens is 204 g/mol. The Hall–Kier alpha value is -0.520. The Morgan fingerprint density at radius 1 is 1.12 bits per heavy atom. The van der Waals surface area contributed by atoms with Gasteiger partial charge in [0.05, 0.1) is 0 Å². The molecule has 0 bridgehead atoms. The van der Waals surface area contributed by atoms with Gasteiger partial charge in [0.1, 0.15) is 0 Å². The quantitative estimate of drug-likeness (QED) is 0.524. The normalized spacial score (nSPS) is 31.6. The fourth-order valence-corrected chi connectivity index (χ4v) is 2.94. The molecule has 0 aromatic heterocycles. The van der Waals surface area contributed by atoms with Gasteiger partial charge in [0.15, 0.2) is 0 Å². The van der Waals surface area contributed by atoms with E-state index < -0.39 is 0 Å². The minimum atomic E-state index is 0.702. The van der Waals surface area contributed by atoms with Crippen LogP contribution in [0.25, 0.3) is 0 Å². The van der Waals surface area contributed by atoms with Gasteiger partial charge in [-0.05, 0) is 62.7 Å². The van der Waals surface area contributed by atoms with E-state index in [1.165, 1.54) is 32.1 Å². The molecule has 17 heavy (non-hydrogen) atoms. The molecular formula is C17H30. The molecule has 0 radical (unpaired) electrons. The minimum Gasteiger partial charge on any atom is -0.0916 e. The second-order valence-electron chi connectivity index (χ2n) is 6.08.